The third-order valence-corrected chi connectivity index (χ3v) is 4.99. The number of hydrogen-bond acceptors (Lipinski definition) is 2. The number of aliphatic hydroxyl groups excluding tert-OH is 1. The molecule has 0 aromatic heterocycles. The molecule has 1 aromatic rings. The zero-order valence-corrected chi connectivity index (χ0v) is 14.2. The first-order chi connectivity index (χ1) is 10.7. The van der Waals surface area contributed by atoms with Gasteiger partial charge in [0.1, 0.15) is 6.23 Å². The smallest absolute Gasteiger partial charge is 0.103 e. The number of benzene rings is 1. The summed E-state index contributed by atoms with van der Waals surface area (Å²) in [7, 11) is 0. The van der Waals surface area contributed by atoms with Crippen molar-refractivity contribution in [3.63, 3.8) is 0 Å². The largest absolute Gasteiger partial charge is 0.379 e. The first-order valence-corrected chi connectivity index (χ1v) is 9.26. The Hall–Kier alpha value is -0.860. The van der Waals surface area contributed by atoms with Gasteiger partial charge in [0.05, 0.1) is 0 Å². The molecule has 0 unspecified atom stereocenters. The molecule has 1 aliphatic rings. The molecule has 0 saturated heterocycles. The lowest BCUT2D eigenvalue weighted by molar-refractivity contribution is 0.159. The highest BCUT2D eigenvalue weighted by atomic mass is 16.3. The minimum absolute atomic E-state index is 0.451. The Morgan fingerprint density at radius 3 is 2.73 bits per heavy atom. The van der Waals surface area contributed by atoms with Crippen LogP contribution in [0.4, 0.5) is 0 Å². The molecule has 1 aromatic carbocycles. The van der Waals surface area contributed by atoms with Crippen molar-refractivity contribution in [2.75, 3.05) is 0 Å². The van der Waals surface area contributed by atoms with Gasteiger partial charge in [-0.1, -0.05) is 57.2 Å². The maximum atomic E-state index is 9.47. The first kappa shape index (κ1) is 17.5. The van der Waals surface area contributed by atoms with Gasteiger partial charge in [0, 0.05) is 0 Å². The highest BCUT2D eigenvalue weighted by molar-refractivity contribution is 5.36. The van der Waals surface area contributed by atoms with Gasteiger partial charge in [-0.2, -0.15) is 0 Å². The van der Waals surface area contributed by atoms with Crippen LogP contribution in [-0.4, -0.2) is 11.3 Å². The van der Waals surface area contributed by atoms with Crippen LogP contribution in [0.25, 0.3) is 0 Å². The second-order valence-corrected chi connectivity index (χ2v) is 6.94. The predicted octanol–water partition coefficient (Wildman–Crippen LogP) is 4.68. The molecule has 0 saturated carbocycles. The van der Waals surface area contributed by atoms with E-state index in [2.05, 4.69) is 25.1 Å². The fraction of sp³-hybridized carbons (Fsp3) is 0.700. The fourth-order valence-corrected chi connectivity index (χ4v) is 3.77. The summed E-state index contributed by atoms with van der Waals surface area (Å²) in [5, 5.41) is 9.47. The van der Waals surface area contributed by atoms with E-state index in [1.54, 1.807) is 0 Å². The lowest BCUT2D eigenvalue weighted by Gasteiger charge is -2.27. The Morgan fingerprint density at radius 2 is 1.95 bits per heavy atom. The molecule has 1 aliphatic carbocycles. The van der Waals surface area contributed by atoms with Gasteiger partial charge in [0.2, 0.25) is 0 Å². The molecule has 2 heteroatoms. The van der Waals surface area contributed by atoms with Crippen molar-refractivity contribution in [1.29, 1.82) is 0 Å². The van der Waals surface area contributed by atoms with E-state index in [1.807, 2.05) is 0 Å². The topological polar surface area (TPSA) is 46.2 Å². The van der Waals surface area contributed by atoms with Crippen LogP contribution in [0.5, 0.6) is 0 Å². The third-order valence-electron chi connectivity index (χ3n) is 4.99. The number of nitrogens with two attached hydrogens (primary N) is 1. The van der Waals surface area contributed by atoms with E-state index >= 15 is 0 Å². The minimum Gasteiger partial charge on any atom is -0.379 e. The monoisotopic (exact) mass is 303 g/mol. The number of aryl methyl sites for hydroxylation is 2. The zero-order valence-electron chi connectivity index (χ0n) is 14.2. The van der Waals surface area contributed by atoms with Crippen molar-refractivity contribution in [2.45, 2.75) is 89.7 Å². The van der Waals surface area contributed by atoms with Crippen molar-refractivity contribution >= 4 is 0 Å². The van der Waals surface area contributed by atoms with E-state index < -0.39 is 6.23 Å². The number of hydrogen-bond donors (Lipinski definition) is 2. The molecule has 2 nitrogen and oxygen atoms in total. The molecular formula is C20H33NO. The molecule has 0 amide bonds. The quantitative estimate of drug-likeness (QED) is 0.514. The summed E-state index contributed by atoms with van der Waals surface area (Å²) in [6.07, 6.45) is 13.0. The fourth-order valence-electron chi connectivity index (χ4n) is 3.77. The summed E-state index contributed by atoms with van der Waals surface area (Å²) in [6.45, 7) is 2.27. The van der Waals surface area contributed by atoms with Gasteiger partial charge in [-0.3, -0.25) is 0 Å². The molecule has 0 aliphatic heterocycles. The summed E-state index contributed by atoms with van der Waals surface area (Å²) in [5.41, 5.74) is 10.0. The van der Waals surface area contributed by atoms with Crippen LogP contribution in [0.3, 0.4) is 0 Å². The Morgan fingerprint density at radius 1 is 1.18 bits per heavy atom. The Balaban J connectivity index is 1.85. The van der Waals surface area contributed by atoms with Crippen LogP contribution in [0.2, 0.25) is 0 Å². The van der Waals surface area contributed by atoms with E-state index in [-0.39, 0.29) is 0 Å². The van der Waals surface area contributed by atoms with Gasteiger partial charge in [0.25, 0.3) is 0 Å². The van der Waals surface area contributed by atoms with Gasteiger partial charge in [0.15, 0.2) is 0 Å². The summed E-state index contributed by atoms with van der Waals surface area (Å²) in [5.74, 6) is 0.451. The minimum atomic E-state index is -0.682. The Kier molecular flexibility index (Phi) is 7.41. The molecular weight excluding hydrogens is 270 g/mol. The third kappa shape index (κ3) is 5.40. The normalized spacial score (nSPS) is 19.0. The standard InChI is InChI=1S/C20H33NO/c1-2-3-4-5-6-7-9-16-12-13-19-17(14-16)10-8-11-18(19)15-20(21)22/h12-14,18,20,22H,2-11,15,21H2,1H3/t18-,20+/m1/s1. The lowest BCUT2D eigenvalue weighted by atomic mass is 9.80. The lowest BCUT2D eigenvalue weighted by Crippen LogP contribution is -2.23. The number of unbranched alkanes of at least 4 members (excludes halogenated alkanes) is 5. The van der Waals surface area contributed by atoms with Crippen LogP contribution in [0.1, 0.15) is 87.3 Å². The molecule has 0 heterocycles. The van der Waals surface area contributed by atoms with E-state index in [0.717, 1.165) is 6.42 Å². The van der Waals surface area contributed by atoms with E-state index in [1.165, 1.54) is 74.5 Å². The van der Waals surface area contributed by atoms with E-state index in [4.69, 9.17) is 5.73 Å². The SMILES string of the molecule is CCCCCCCCc1ccc2c(c1)CCC[C@@H]2C[C@@H](N)O. The van der Waals surface area contributed by atoms with Gasteiger partial charge >= 0.3 is 0 Å². The van der Waals surface area contributed by atoms with E-state index in [0.29, 0.717) is 12.3 Å². The van der Waals surface area contributed by atoms with Crippen LogP contribution in [0, 0.1) is 0 Å². The van der Waals surface area contributed by atoms with Crippen molar-refractivity contribution in [3.05, 3.63) is 34.9 Å². The molecule has 22 heavy (non-hydrogen) atoms. The van der Waals surface area contributed by atoms with Crippen LogP contribution >= 0.6 is 0 Å². The van der Waals surface area contributed by atoms with E-state index in [9.17, 15) is 5.11 Å². The average molecular weight is 303 g/mol. The van der Waals surface area contributed by atoms with Gasteiger partial charge in [-0.15, -0.1) is 0 Å². The molecule has 2 atom stereocenters. The zero-order chi connectivity index (χ0) is 15.8. The predicted molar refractivity (Wildman–Crippen MR) is 94.0 cm³/mol. The van der Waals surface area contributed by atoms with Crippen LogP contribution < -0.4 is 5.73 Å². The second kappa shape index (κ2) is 9.32. The van der Waals surface area contributed by atoms with Crippen molar-refractivity contribution in [3.8, 4) is 0 Å². The summed E-state index contributed by atoms with van der Waals surface area (Å²) < 4.78 is 0. The maximum Gasteiger partial charge on any atom is 0.103 e. The van der Waals surface area contributed by atoms with Crippen molar-refractivity contribution in [2.24, 2.45) is 5.73 Å². The Labute approximate surface area is 136 Å². The molecule has 0 fully saturated rings. The maximum absolute atomic E-state index is 9.47. The second-order valence-electron chi connectivity index (χ2n) is 6.94. The number of rotatable bonds is 9. The number of fused-ring (bicyclic) bond motifs is 1. The van der Waals surface area contributed by atoms with Crippen molar-refractivity contribution in [1.82, 2.24) is 0 Å². The molecule has 124 valence electrons. The average Bonchev–Trinajstić information content (AvgIpc) is 2.50. The highest BCUT2D eigenvalue weighted by Crippen LogP contribution is 2.35. The van der Waals surface area contributed by atoms with Crippen molar-refractivity contribution < 1.29 is 5.11 Å². The number of aliphatic hydroxyl groups is 1. The molecule has 2 rings (SSSR count). The summed E-state index contributed by atoms with van der Waals surface area (Å²) >= 11 is 0. The molecule has 0 bridgehead atoms. The molecule has 3 N–H and O–H groups in total. The molecule has 0 radical (unpaired) electrons. The van der Waals surface area contributed by atoms with Gasteiger partial charge < -0.3 is 10.8 Å². The van der Waals surface area contributed by atoms with Gasteiger partial charge in [-0.05, 0) is 61.1 Å². The first-order valence-electron chi connectivity index (χ1n) is 9.26. The summed E-state index contributed by atoms with van der Waals surface area (Å²) in [4.78, 5) is 0. The molecule has 0 spiro atoms. The van der Waals surface area contributed by atoms with Crippen LogP contribution in [0.15, 0.2) is 18.2 Å². The van der Waals surface area contributed by atoms with Gasteiger partial charge in [-0.25, -0.2) is 0 Å². The van der Waals surface area contributed by atoms with Crippen LogP contribution in [-0.2, 0) is 12.8 Å². The highest BCUT2D eigenvalue weighted by Gasteiger charge is 2.21. The Bertz CT molecular complexity index is 441. The summed E-state index contributed by atoms with van der Waals surface area (Å²) in [6, 6.07) is 7.01.